The van der Waals surface area contributed by atoms with Gasteiger partial charge in [0, 0.05) is 6.42 Å². The van der Waals surface area contributed by atoms with Gasteiger partial charge in [-0.1, -0.05) is 50.1 Å². The molecule has 1 amide bonds. The Morgan fingerprint density at radius 1 is 1.15 bits per heavy atom. The number of carbonyl (C=O) groups excluding carboxylic acids is 2. The van der Waals surface area contributed by atoms with Crippen molar-refractivity contribution in [3.05, 3.63) is 35.9 Å². The first-order valence-electron chi connectivity index (χ1n) is 6.88. The van der Waals surface area contributed by atoms with E-state index in [1.165, 1.54) is 0 Å². The van der Waals surface area contributed by atoms with Gasteiger partial charge in [-0.05, 0) is 18.4 Å². The predicted octanol–water partition coefficient (Wildman–Crippen LogP) is 2.99. The second-order valence-corrected chi connectivity index (χ2v) is 4.42. The van der Waals surface area contributed by atoms with Gasteiger partial charge in [-0.25, -0.2) is 4.79 Å². The van der Waals surface area contributed by atoms with Crippen molar-refractivity contribution in [3.8, 4) is 0 Å². The number of amides is 1. The van der Waals surface area contributed by atoms with Crippen LogP contribution in [0.25, 0.3) is 0 Å². The van der Waals surface area contributed by atoms with Crippen molar-refractivity contribution >= 4 is 12.1 Å². The number of hydrogen-bond acceptors (Lipinski definition) is 4. The molecule has 5 heteroatoms. The molecule has 0 saturated heterocycles. The molecule has 0 radical (unpaired) electrons. The van der Waals surface area contributed by atoms with Crippen LogP contribution in [0.1, 0.15) is 38.2 Å². The molecule has 0 aromatic heterocycles. The third kappa shape index (κ3) is 7.41. The van der Waals surface area contributed by atoms with E-state index in [9.17, 15) is 9.59 Å². The molecule has 1 rings (SSSR count). The van der Waals surface area contributed by atoms with Gasteiger partial charge in [0.05, 0.1) is 6.61 Å². The molecule has 0 spiro atoms. The van der Waals surface area contributed by atoms with Crippen molar-refractivity contribution < 1.29 is 19.2 Å². The second kappa shape index (κ2) is 9.83. The number of hydrogen-bond donors (Lipinski definition) is 1. The van der Waals surface area contributed by atoms with Crippen molar-refractivity contribution in [3.63, 3.8) is 0 Å². The van der Waals surface area contributed by atoms with Gasteiger partial charge in [0.2, 0.25) is 0 Å². The third-order valence-electron chi connectivity index (χ3n) is 2.70. The molecule has 0 heterocycles. The van der Waals surface area contributed by atoms with E-state index in [4.69, 9.17) is 4.74 Å². The van der Waals surface area contributed by atoms with E-state index < -0.39 is 6.16 Å². The molecule has 20 heavy (non-hydrogen) atoms. The van der Waals surface area contributed by atoms with Crippen molar-refractivity contribution in [2.24, 2.45) is 0 Å². The Kier molecular flexibility index (Phi) is 7.87. The standard InChI is InChI=1S/C15H21NO4/c1-2-3-7-12-19-15(18)20-16-14(17)11-10-13-8-5-4-6-9-13/h4-6,8-9H,2-3,7,10-12H2,1H3,(H,16,17). The molecule has 0 saturated carbocycles. The van der Waals surface area contributed by atoms with E-state index in [-0.39, 0.29) is 12.3 Å². The first kappa shape index (κ1) is 16.0. The predicted molar refractivity (Wildman–Crippen MR) is 74.9 cm³/mol. The minimum atomic E-state index is -0.867. The molecule has 0 atom stereocenters. The molecule has 0 fully saturated rings. The topological polar surface area (TPSA) is 64.6 Å². The summed E-state index contributed by atoms with van der Waals surface area (Å²) in [6.45, 7) is 2.37. The van der Waals surface area contributed by atoms with Gasteiger partial charge in [-0.3, -0.25) is 4.79 Å². The zero-order valence-electron chi connectivity index (χ0n) is 11.8. The summed E-state index contributed by atoms with van der Waals surface area (Å²) in [5.74, 6) is -0.348. The zero-order valence-corrected chi connectivity index (χ0v) is 11.8. The summed E-state index contributed by atoms with van der Waals surface area (Å²) in [6.07, 6.45) is 2.84. The second-order valence-electron chi connectivity index (χ2n) is 4.42. The first-order chi connectivity index (χ1) is 9.72. The maximum atomic E-state index is 11.5. The highest BCUT2D eigenvalue weighted by atomic mass is 16.8. The van der Waals surface area contributed by atoms with Crippen LogP contribution in [0.4, 0.5) is 4.79 Å². The van der Waals surface area contributed by atoms with E-state index in [1.807, 2.05) is 30.3 Å². The van der Waals surface area contributed by atoms with Gasteiger partial charge in [0.15, 0.2) is 0 Å². The van der Waals surface area contributed by atoms with E-state index in [0.717, 1.165) is 24.8 Å². The van der Waals surface area contributed by atoms with Crippen LogP contribution < -0.4 is 5.48 Å². The quantitative estimate of drug-likeness (QED) is 0.473. The highest BCUT2D eigenvalue weighted by Crippen LogP contribution is 2.02. The monoisotopic (exact) mass is 279 g/mol. The number of hydroxylamine groups is 1. The average molecular weight is 279 g/mol. The number of benzene rings is 1. The van der Waals surface area contributed by atoms with Gasteiger partial charge < -0.3 is 9.57 Å². The fourth-order valence-corrected chi connectivity index (χ4v) is 1.59. The lowest BCUT2D eigenvalue weighted by molar-refractivity contribution is -0.131. The number of carbonyl (C=O) groups is 2. The molecule has 0 unspecified atom stereocenters. The highest BCUT2D eigenvalue weighted by Gasteiger charge is 2.07. The van der Waals surface area contributed by atoms with E-state index in [1.54, 1.807) is 0 Å². The lowest BCUT2D eigenvalue weighted by atomic mass is 10.1. The summed E-state index contributed by atoms with van der Waals surface area (Å²) in [6, 6.07) is 9.63. The number of rotatable bonds is 7. The Labute approximate surface area is 119 Å². The highest BCUT2D eigenvalue weighted by molar-refractivity contribution is 5.76. The molecule has 1 aromatic carbocycles. The molecule has 1 aromatic rings. The van der Waals surface area contributed by atoms with Gasteiger partial charge in [-0.15, -0.1) is 0 Å². The fraction of sp³-hybridized carbons (Fsp3) is 0.467. The molecular formula is C15H21NO4. The van der Waals surface area contributed by atoms with Crippen LogP contribution in [0, 0.1) is 0 Å². The van der Waals surface area contributed by atoms with Gasteiger partial charge in [0.25, 0.3) is 5.91 Å². The van der Waals surface area contributed by atoms with Crippen LogP contribution in [0.5, 0.6) is 0 Å². The third-order valence-corrected chi connectivity index (χ3v) is 2.70. The zero-order chi connectivity index (χ0) is 14.6. The van der Waals surface area contributed by atoms with Crippen molar-refractivity contribution in [1.29, 1.82) is 0 Å². The Morgan fingerprint density at radius 3 is 2.60 bits per heavy atom. The molecule has 0 aliphatic heterocycles. The molecular weight excluding hydrogens is 258 g/mol. The Morgan fingerprint density at radius 2 is 1.90 bits per heavy atom. The maximum Gasteiger partial charge on any atom is 0.533 e. The van der Waals surface area contributed by atoms with Crippen molar-refractivity contribution in [1.82, 2.24) is 5.48 Å². The summed E-state index contributed by atoms with van der Waals surface area (Å²) in [4.78, 5) is 27.1. The fourth-order valence-electron chi connectivity index (χ4n) is 1.59. The average Bonchev–Trinajstić information content (AvgIpc) is 2.48. The van der Waals surface area contributed by atoms with Crippen molar-refractivity contribution in [2.45, 2.75) is 39.0 Å². The minimum Gasteiger partial charge on any atom is -0.433 e. The van der Waals surface area contributed by atoms with Crippen LogP contribution in [0.3, 0.4) is 0 Å². The van der Waals surface area contributed by atoms with E-state index in [2.05, 4.69) is 17.2 Å². The molecule has 0 bridgehead atoms. The van der Waals surface area contributed by atoms with E-state index in [0.29, 0.717) is 13.0 Å². The van der Waals surface area contributed by atoms with E-state index >= 15 is 0 Å². The number of ether oxygens (including phenoxy) is 1. The lowest BCUT2D eigenvalue weighted by Crippen LogP contribution is -2.27. The largest absolute Gasteiger partial charge is 0.533 e. The number of aryl methyl sites for hydroxylation is 1. The first-order valence-corrected chi connectivity index (χ1v) is 6.88. The number of unbranched alkanes of at least 4 members (excludes halogenated alkanes) is 2. The van der Waals surface area contributed by atoms with Crippen LogP contribution >= 0.6 is 0 Å². The number of nitrogens with one attached hydrogen (secondary N) is 1. The smallest absolute Gasteiger partial charge is 0.433 e. The summed E-state index contributed by atoms with van der Waals surface area (Å²) in [5, 5.41) is 0. The molecule has 110 valence electrons. The molecule has 1 N–H and O–H groups in total. The maximum absolute atomic E-state index is 11.5. The summed E-state index contributed by atoms with van der Waals surface area (Å²) < 4.78 is 4.78. The molecule has 5 nitrogen and oxygen atoms in total. The van der Waals surface area contributed by atoms with Crippen LogP contribution in [0.15, 0.2) is 30.3 Å². The Hall–Kier alpha value is -2.04. The van der Waals surface area contributed by atoms with Gasteiger partial charge in [-0.2, -0.15) is 5.48 Å². The summed E-state index contributed by atoms with van der Waals surface area (Å²) >= 11 is 0. The van der Waals surface area contributed by atoms with Crippen LogP contribution in [-0.2, 0) is 20.8 Å². The Balaban J connectivity index is 2.09. The normalized spacial score (nSPS) is 9.85. The minimum absolute atomic E-state index is 0.257. The van der Waals surface area contributed by atoms with Crippen LogP contribution in [0.2, 0.25) is 0 Å². The van der Waals surface area contributed by atoms with Crippen LogP contribution in [-0.4, -0.2) is 18.7 Å². The Bertz CT molecular complexity index is 406. The van der Waals surface area contributed by atoms with Gasteiger partial charge in [0.1, 0.15) is 0 Å². The molecule has 0 aliphatic carbocycles. The lowest BCUT2D eigenvalue weighted by Gasteiger charge is -2.06. The van der Waals surface area contributed by atoms with Crippen molar-refractivity contribution in [2.75, 3.05) is 6.61 Å². The summed E-state index contributed by atoms with van der Waals surface area (Å²) in [5.41, 5.74) is 3.14. The van der Waals surface area contributed by atoms with Gasteiger partial charge >= 0.3 is 6.16 Å². The SMILES string of the molecule is CCCCCOC(=O)ONC(=O)CCc1ccccc1. The molecule has 0 aliphatic rings. The summed E-state index contributed by atoms with van der Waals surface area (Å²) in [7, 11) is 0.